The van der Waals surface area contributed by atoms with Gasteiger partial charge in [0.05, 0.1) is 0 Å². The van der Waals surface area contributed by atoms with Gasteiger partial charge in [0.2, 0.25) is 0 Å². The van der Waals surface area contributed by atoms with Crippen molar-refractivity contribution in [1.82, 2.24) is 4.90 Å². The van der Waals surface area contributed by atoms with Crippen molar-refractivity contribution < 1.29 is 14.7 Å². The molecule has 1 unspecified atom stereocenters. The predicted molar refractivity (Wildman–Crippen MR) is 38.0 cm³/mol. The third-order valence-electron chi connectivity index (χ3n) is 1.89. The van der Waals surface area contributed by atoms with Crippen molar-refractivity contribution in [3.8, 4) is 0 Å². The highest BCUT2D eigenvalue weighted by molar-refractivity contribution is 6.31. The van der Waals surface area contributed by atoms with Gasteiger partial charge in [-0.3, -0.25) is 4.79 Å². The minimum atomic E-state index is -1.35. The lowest BCUT2D eigenvalue weighted by molar-refractivity contribution is -0.155. The third-order valence-corrected chi connectivity index (χ3v) is 1.89. The quantitative estimate of drug-likeness (QED) is 0.501. The second-order valence-corrected chi connectivity index (χ2v) is 2.95. The molecule has 1 heterocycles. The van der Waals surface area contributed by atoms with E-state index in [1.807, 2.05) is 6.92 Å². The van der Waals surface area contributed by atoms with Gasteiger partial charge in [-0.25, -0.2) is 4.79 Å². The molecule has 11 heavy (non-hydrogen) atoms. The van der Waals surface area contributed by atoms with Gasteiger partial charge in [-0.2, -0.15) is 0 Å². The Morgan fingerprint density at radius 3 is 2.55 bits per heavy atom. The van der Waals surface area contributed by atoms with E-state index in [9.17, 15) is 9.59 Å². The fourth-order valence-electron chi connectivity index (χ4n) is 1.25. The molecule has 1 fully saturated rings. The first-order valence-electron chi connectivity index (χ1n) is 3.63. The monoisotopic (exact) mass is 157 g/mol. The Balaban J connectivity index is 2.50. The molecule has 62 valence electrons. The van der Waals surface area contributed by atoms with Crippen LogP contribution in [0.3, 0.4) is 0 Å². The van der Waals surface area contributed by atoms with Gasteiger partial charge in [-0.15, -0.1) is 0 Å². The number of nitrogens with zero attached hydrogens (tertiary/aromatic N) is 1. The summed E-state index contributed by atoms with van der Waals surface area (Å²) < 4.78 is 0. The van der Waals surface area contributed by atoms with Crippen molar-refractivity contribution in [2.24, 2.45) is 5.92 Å². The number of hydrogen-bond acceptors (Lipinski definition) is 2. The van der Waals surface area contributed by atoms with E-state index in [0.717, 1.165) is 6.42 Å². The molecule has 0 bridgehead atoms. The zero-order valence-corrected chi connectivity index (χ0v) is 6.41. The molecule has 0 aliphatic carbocycles. The van der Waals surface area contributed by atoms with Gasteiger partial charge >= 0.3 is 11.9 Å². The Morgan fingerprint density at radius 2 is 2.18 bits per heavy atom. The number of carbonyl (C=O) groups is 2. The lowest BCUT2D eigenvalue weighted by atomic mass is 10.2. The van der Waals surface area contributed by atoms with Crippen LogP contribution in [0, 0.1) is 5.92 Å². The normalized spacial score (nSPS) is 23.7. The third kappa shape index (κ3) is 1.69. The molecule has 1 saturated heterocycles. The number of hydrogen-bond donors (Lipinski definition) is 1. The maximum absolute atomic E-state index is 10.8. The molecule has 0 saturated carbocycles. The van der Waals surface area contributed by atoms with Crippen LogP contribution in [0.5, 0.6) is 0 Å². The van der Waals surface area contributed by atoms with Crippen LogP contribution >= 0.6 is 0 Å². The largest absolute Gasteiger partial charge is 0.474 e. The summed E-state index contributed by atoms with van der Waals surface area (Å²) in [5, 5.41) is 8.34. The predicted octanol–water partition coefficient (Wildman–Crippen LogP) is -0.0606. The molecular weight excluding hydrogens is 146 g/mol. The average molecular weight is 157 g/mol. The van der Waals surface area contributed by atoms with Crippen molar-refractivity contribution in [3.05, 3.63) is 0 Å². The highest BCUT2D eigenvalue weighted by Gasteiger charge is 2.27. The Labute approximate surface area is 64.8 Å². The van der Waals surface area contributed by atoms with E-state index in [1.165, 1.54) is 4.90 Å². The van der Waals surface area contributed by atoms with Crippen LogP contribution in [0.15, 0.2) is 0 Å². The van der Waals surface area contributed by atoms with Gasteiger partial charge < -0.3 is 10.0 Å². The van der Waals surface area contributed by atoms with Gasteiger partial charge in [0.1, 0.15) is 0 Å². The lowest BCUT2D eigenvalue weighted by Crippen LogP contribution is -2.34. The summed E-state index contributed by atoms with van der Waals surface area (Å²) in [4.78, 5) is 22.4. The van der Waals surface area contributed by atoms with Crippen LogP contribution in [0.25, 0.3) is 0 Å². The van der Waals surface area contributed by atoms with Gasteiger partial charge in [-0.1, -0.05) is 6.92 Å². The molecule has 0 radical (unpaired) electrons. The number of aliphatic carboxylic acids is 1. The van der Waals surface area contributed by atoms with Crippen molar-refractivity contribution in [2.75, 3.05) is 13.1 Å². The maximum Gasteiger partial charge on any atom is 0.394 e. The van der Waals surface area contributed by atoms with Crippen LogP contribution < -0.4 is 0 Å². The first kappa shape index (κ1) is 8.04. The lowest BCUT2D eigenvalue weighted by Gasteiger charge is -2.11. The zero-order valence-electron chi connectivity index (χ0n) is 6.41. The molecule has 1 atom stereocenters. The first-order chi connectivity index (χ1) is 5.11. The summed E-state index contributed by atoms with van der Waals surface area (Å²) in [7, 11) is 0. The summed E-state index contributed by atoms with van der Waals surface area (Å²) in [5.74, 6) is -1.67. The van der Waals surface area contributed by atoms with Crippen LogP contribution in [-0.4, -0.2) is 35.0 Å². The van der Waals surface area contributed by atoms with Crippen molar-refractivity contribution >= 4 is 11.9 Å². The molecule has 0 aromatic heterocycles. The minimum Gasteiger partial charge on any atom is -0.474 e. The summed E-state index contributed by atoms with van der Waals surface area (Å²) in [6, 6.07) is 0. The molecule has 0 aromatic carbocycles. The van der Waals surface area contributed by atoms with Crippen molar-refractivity contribution in [1.29, 1.82) is 0 Å². The van der Waals surface area contributed by atoms with E-state index < -0.39 is 11.9 Å². The van der Waals surface area contributed by atoms with E-state index in [-0.39, 0.29) is 0 Å². The van der Waals surface area contributed by atoms with Crippen molar-refractivity contribution in [3.63, 3.8) is 0 Å². The van der Waals surface area contributed by atoms with E-state index in [0.29, 0.717) is 19.0 Å². The zero-order chi connectivity index (χ0) is 8.43. The highest BCUT2D eigenvalue weighted by Crippen LogP contribution is 2.14. The van der Waals surface area contributed by atoms with E-state index in [1.54, 1.807) is 0 Å². The molecule has 1 amide bonds. The minimum absolute atomic E-state index is 0.443. The molecule has 1 aliphatic heterocycles. The molecule has 0 spiro atoms. The van der Waals surface area contributed by atoms with Crippen LogP contribution in [0.1, 0.15) is 13.3 Å². The van der Waals surface area contributed by atoms with Gasteiger partial charge in [0.15, 0.2) is 0 Å². The summed E-state index contributed by atoms with van der Waals surface area (Å²) in [5.41, 5.74) is 0. The molecule has 1 N–H and O–H groups in total. The topological polar surface area (TPSA) is 57.6 Å². The fourth-order valence-corrected chi connectivity index (χ4v) is 1.25. The Morgan fingerprint density at radius 1 is 1.55 bits per heavy atom. The number of amides is 1. The fraction of sp³-hybridized carbons (Fsp3) is 0.714. The summed E-state index contributed by atoms with van der Waals surface area (Å²) in [6.07, 6.45) is 0.916. The number of carbonyl (C=O) groups excluding carboxylic acids is 1. The molecule has 0 aromatic rings. The molecule has 1 rings (SSSR count). The van der Waals surface area contributed by atoms with Crippen LogP contribution in [0.2, 0.25) is 0 Å². The number of carboxylic acid groups (broad SMARTS) is 1. The number of likely N-dealkylation sites (tertiary alicyclic amines) is 1. The second kappa shape index (κ2) is 2.90. The molecular formula is C7H11NO3. The van der Waals surface area contributed by atoms with Gasteiger partial charge in [-0.05, 0) is 12.3 Å². The number of carboxylic acids is 1. The molecule has 1 aliphatic rings. The average Bonchev–Trinajstić information content (AvgIpc) is 2.34. The highest BCUT2D eigenvalue weighted by atomic mass is 16.4. The number of rotatable bonds is 0. The van der Waals surface area contributed by atoms with Gasteiger partial charge in [0.25, 0.3) is 0 Å². The Bertz CT molecular complexity index is 190. The second-order valence-electron chi connectivity index (χ2n) is 2.95. The standard InChI is InChI=1S/C7H11NO3/c1-5-2-3-8(4-5)6(9)7(10)11/h5H,2-4H2,1H3,(H,10,11). The first-order valence-corrected chi connectivity index (χ1v) is 3.63. The smallest absolute Gasteiger partial charge is 0.394 e. The van der Waals surface area contributed by atoms with Gasteiger partial charge in [0, 0.05) is 13.1 Å². The van der Waals surface area contributed by atoms with E-state index in [2.05, 4.69) is 0 Å². The van der Waals surface area contributed by atoms with E-state index >= 15 is 0 Å². The Kier molecular flexibility index (Phi) is 2.12. The summed E-state index contributed by atoms with van der Waals surface area (Å²) >= 11 is 0. The maximum atomic E-state index is 10.8. The van der Waals surface area contributed by atoms with Crippen LogP contribution in [-0.2, 0) is 9.59 Å². The molecule has 4 nitrogen and oxygen atoms in total. The summed E-state index contributed by atoms with van der Waals surface area (Å²) in [6.45, 7) is 3.19. The van der Waals surface area contributed by atoms with Crippen LogP contribution in [0.4, 0.5) is 0 Å². The van der Waals surface area contributed by atoms with Crippen molar-refractivity contribution in [2.45, 2.75) is 13.3 Å². The Hall–Kier alpha value is -1.06. The van der Waals surface area contributed by atoms with E-state index in [4.69, 9.17) is 5.11 Å². The molecule has 4 heteroatoms. The SMILES string of the molecule is CC1CCN(C(=O)C(=O)O)C1.